The normalized spacial score (nSPS) is 10.7. The molecule has 0 radical (unpaired) electrons. The fourth-order valence-electron chi connectivity index (χ4n) is 1.67. The second-order valence-electron chi connectivity index (χ2n) is 4.04. The molecule has 1 aromatic heterocycles. The molecule has 0 aliphatic carbocycles. The Labute approximate surface area is 111 Å². The summed E-state index contributed by atoms with van der Waals surface area (Å²) in [5.74, 6) is 1.05. The van der Waals surface area contributed by atoms with E-state index in [1.54, 1.807) is 0 Å². The van der Waals surface area contributed by atoms with Crippen LogP contribution in [0.1, 0.15) is 22.2 Å². The van der Waals surface area contributed by atoms with Crippen LogP contribution in [0.2, 0.25) is 0 Å². The molecule has 1 heterocycles. The molecule has 90 valence electrons. The molecular weight excluding hydrogens is 246 g/mol. The maximum Gasteiger partial charge on any atom is 0.0326 e. The highest BCUT2D eigenvalue weighted by Gasteiger charge is 2.03. The molecule has 1 aromatic carbocycles. The Bertz CT molecular complexity index is 503. The van der Waals surface area contributed by atoms with Crippen molar-refractivity contribution in [1.29, 1.82) is 0 Å². The second-order valence-corrected chi connectivity index (χ2v) is 6.31. The van der Waals surface area contributed by atoms with Crippen LogP contribution in [-0.4, -0.2) is 0 Å². The van der Waals surface area contributed by atoms with Crippen molar-refractivity contribution in [3.63, 3.8) is 0 Å². The molecule has 0 aliphatic rings. The van der Waals surface area contributed by atoms with Crippen LogP contribution in [0, 0.1) is 6.92 Å². The number of thioether (sulfide) groups is 1. The smallest absolute Gasteiger partial charge is 0.0326 e. The van der Waals surface area contributed by atoms with Crippen molar-refractivity contribution >= 4 is 28.8 Å². The van der Waals surface area contributed by atoms with E-state index in [1.807, 2.05) is 35.2 Å². The van der Waals surface area contributed by atoms with Crippen molar-refractivity contribution in [1.82, 2.24) is 0 Å². The maximum atomic E-state index is 5.75. The molecule has 0 bridgehead atoms. The minimum absolute atomic E-state index is 0.844. The van der Waals surface area contributed by atoms with Crippen molar-refractivity contribution in [3.8, 4) is 0 Å². The standard InChI is InChI=1S/C14H17NS2/c1-3-12-5-6-13(17-12)9-16-14-7-4-11(15)8-10(14)2/h4-8H,3,9,15H2,1-2H3. The first-order valence-corrected chi connectivity index (χ1v) is 7.55. The molecule has 0 amide bonds. The zero-order chi connectivity index (χ0) is 12.3. The number of benzene rings is 1. The first kappa shape index (κ1) is 12.5. The van der Waals surface area contributed by atoms with E-state index in [0.29, 0.717) is 0 Å². The van der Waals surface area contributed by atoms with Gasteiger partial charge in [-0.25, -0.2) is 0 Å². The van der Waals surface area contributed by atoms with Gasteiger partial charge in [0.15, 0.2) is 0 Å². The summed E-state index contributed by atoms with van der Waals surface area (Å²) < 4.78 is 0. The monoisotopic (exact) mass is 263 g/mol. The van der Waals surface area contributed by atoms with Gasteiger partial charge in [-0.2, -0.15) is 0 Å². The first-order valence-electron chi connectivity index (χ1n) is 5.75. The first-order chi connectivity index (χ1) is 8.19. The van der Waals surface area contributed by atoms with Crippen LogP contribution in [0.25, 0.3) is 0 Å². The van der Waals surface area contributed by atoms with Gasteiger partial charge in [0.25, 0.3) is 0 Å². The highest BCUT2D eigenvalue weighted by atomic mass is 32.2. The number of nitrogens with two attached hydrogens (primary N) is 1. The van der Waals surface area contributed by atoms with Crippen LogP contribution in [0.3, 0.4) is 0 Å². The van der Waals surface area contributed by atoms with Gasteiger partial charge in [-0.3, -0.25) is 0 Å². The number of thiophene rings is 1. The Balaban J connectivity index is 2.02. The molecule has 2 aromatic rings. The van der Waals surface area contributed by atoms with Crippen molar-refractivity contribution in [2.45, 2.75) is 30.9 Å². The van der Waals surface area contributed by atoms with E-state index in [1.165, 1.54) is 20.2 Å². The van der Waals surface area contributed by atoms with Gasteiger partial charge in [0.05, 0.1) is 0 Å². The highest BCUT2D eigenvalue weighted by molar-refractivity contribution is 7.98. The number of anilines is 1. The summed E-state index contributed by atoms with van der Waals surface area (Å²) in [4.78, 5) is 4.24. The molecule has 0 atom stereocenters. The predicted octanol–water partition coefficient (Wildman–Crippen LogP) is 4.49. The molecule has 0 saturated carbocycles. The largest absolute Gasteiger partial charge is 0.399 e. The summed E-state index contributed by atoms with van der Waals surface area (Å²) in [5, 5.41) is 0. The fraction of sp³-hybridized carbons (Fsp3) is 0.286. The molecule has 0 fully saturated rings. The van der Waals surface area contributed by atoms with Crippen molar-refractivity contribution < 1.29 is 0 Å². The van der Waals surface area contributed by atoms with Gasteiger partial charge in [0.2, 0.25) is 0 Å². The van der Waals surface area contributed by atoms with Gasteiger partial charge in [0, 0.05) is 26.1 Å². The van der Waals surface area contributed by atoms with Gasteiger partial charge in [0.1, 0.15) is 0 Å². The van der Waals surface area contributed by atoms with E-state index in [0.717, 1.165) is 17.9 Å². The van der Waals surface area contributed by atoms with Crippen LogP contribution in [0.5, 0.6) is 0 Å². The van der Waals surface area contributed by atoms with Gasteiger partial charge in [-0.1, -0.05) is 6.92 Å². The Morgan fingerprint density at radius 1 is 1.18 bits per heavy atom. The molecule has 0 aliphatic heterocycles. The molecule has 0 unspecified atom stereocenters. The number of rotatable bonds is 4. The summed E-state index contributed by atoms with van der Waals surface area (Å²) in [5.41, 5.74) is 7.86. The Kier molecular flexibility index (Phi) is 4.13. The lowest BCUT2D eigenvalue weighted by Gasteiger charge is -2.05. The van der Waals surface area contributed by atoms with Crippen LogP contribution < -0.4 is 5.73 Å². The lowest BCUT2D eigenvalue weighted by Crippen LogP contribution is -1.87. The van der Waals surface area contributed by atoms with Crippen LogP contribution in [0.15, 0.2) is 35.2 Å². The van der Waals surface area contributed by atoms with Crippen molar-refractivity contribution in [3.05, 3.63) is 45.6 Å². The molecule has 0 saturated heterocycles. The Morgan fingerprint density at radius 3 is 2.59 bits per heavy atom. The van der Waals surface area contributed by atoms with Crippen LogP contribution >= 0.6 is 23.1 Å². The average molecular weight is 263 g/mol. The van der Waals surface area contributed by atoms with Gasteiger partial charge in [-0.15, -0.1) is 23.1 Å². The summed E-state index contributed by atoms with van der Waals surface area (Å²) in [7, 11) is 0. The van der Waals surface area contributed by atoms with Gasteiger partial charge < -0.3 is 5.73 Å². The third-order valence-corrected chi connectivity index (χ3v) is 5.27. The molecule has 0 spiro atoms. The molecular formula is C14H17NS2. The van der Waals surface area contributed by atoms with Crippen molar-refractivity contribution in [2.24, 2.45) is 0 Å². The van der Waals surface area contributed by atoms with Gasteiger partial charge >= 0.3 is 0 Å². The molecule has 3 heteroatoms. The zero-order valence-electron chi connectivity index (χ0n) is 10.2. The van der Waals surface area contributed by atoms with Crippen LogP contribution in [0.4, 0.5) is 5.69 Å². The third-order valence-electron chi connectivity index (χ3n) is 2.63. The van der Waals surface area contributed by atoms with Crippen LogP contribution in [-0.2, 0) is 12.2 Å². The highest BCUT2D eigenvalue weighted by Crippen LogP contribution is 2.29. The fourth-order valence-corrected chi connectivity index (χ4v) is 3.68. The number of nitrogen functional groups attached to an aromatic ring is 1. The van der Waals surface area contributed by atoms with E-state index in [-0.39, 0.29) is 0 Å². The van der Waals surface area contributed by atoms with E-state index in [4.69, 9.17) is 5.73 Å². The average Bonchev–Trinajstić information content (AvgIpc) is 2.76. The zero-order valence-corrected chi connectivity index (χ0v) is 11.8. The predicted molar refractivity (Wildman–Crippen MR) is 78.8 cm³/mol. The second kappa shape index (κ2) is 5.61. The molecule has 1 nitrogen and oxygen atoms in total. The molecule has 17 heavy (non-hydrogen) atoms. The summed E-state index contributed by atoms with van der Waals surface area (Å²) in [6.45, 7) is 4.32. The number of aryl methyl sites for hydroxylation is 2. The van der Waals surface area contributed by atoms with Gasteiger partial charge in [-0.05, 0) is 49.2 Å². The minimum Gasteiger partial charge on any atom is -0.399 e. The van der Waals surface area contributed by atoms with E-state index >= 15 is 0 Å². The Hall–Kier alpha value is -0.930. The lowest BCUT2D eigenvalue weighted by atomic mass is 10.2. The van der Waals surface area contributed by atoms with Crippen molar-refractivity contribution in [2.75, 3.05) is 5.73 Å². The topological polar surface area (TPSA) is 26.0 Å². The minimum atomic E-state index is 0.844. The lowest BCUT2D eigenvalue weighted by molar-refractivity contribution is 1.19. The van der Waals surface area contributed by atoms with E-state index in [9.17, 15) is 0 Å². The number of hydrogen-bond acceptors (Lipinski definition) is 3. The SMILES string of the molecule is CCc1ccc(CSc2ccc(N)cc2C)s1. The number of hydrogen-bond donors (Lipinski definition) is 1. The molecule has 2 N–H and O–H groups in total. The summed E-state index contributed by atoms with van der Waals surface area (Å²) in [6, 6.07) is 10.6. The quantitative estimate of drug-likeness (QED) is 0.649. The Morgan fingerprint density at radius 2 is 1.94 bits per heavy atom. The maximum absolute atomic E-state index is 5.75. The summed E-state index contributed by atoms with van der Waals surface area (Å²) in [6.07, 6.45) is 1.14. The molecule has 2 rings (SSSR count). The summed E-state index contributed by atoms with van der Waals surface area (Å²) >= 11 is 3.80. The van der Waals surface area contributed by atoms with E-state index in [2.05, 4.69) is 32.0 Å². The van der Waals surface area contributed by atoms with E-state index < -0.39 is 0 Å². The third kappa shape index (κ3) is 3.27.